The fourth-order valence-electron chi connectivity index (χ4n) is 4.68. The molecule has 5 rings (SSSR count). The third kappa shape index (κ3) is 3.11. The predicted octanol–water partition coefficient (Wildman–Crippen LogP) is 0.736. The second kappa shape index (κ2) is 6.98. The summed E-state index contributed by atoms with van der Waals surface area (Å²) in [5.74, 6) is 0.564. The molecular formula is C20H27N5O3S. The van der Waals surface area contributed by atoms with Gasteiger partial charge in [0, 0.05) is 45.0 Å². The fourth-order valence-corrected chi connectivity index (χ4v) is 6.17. The molecule has 0 radical (unpaired) electrons. The largest absolute Gasteiger partial charge is 0.339 e. The van der Waals surface area contributed by atoms with Crippen LogP contribution in [0, 0.1) is 0 Å². The molecular weight excluding hydrogens is 390 g/mol. The molecule has 29 heavy (non-hydrogen) atoms. The van der Waals surface area contributed by atoms with E-state index in [9.17, 15) is 13.2 Å². The fraction of sp³-hybridized carbons (Fsp3) is 0.600. The highest BCUT2D eigenvalue weighted by Crippen LogP contribution is 2.32. The number of rotatable bonds is 3. The molecule has 156 valence electrons. The lowest BCUT2D eigenvalue weighted by Gasteiger charge is -2.44. The summed E-state index contributed by atoms with van der Waals surface area (Å²) >= 11 is 0. The Morgan fingerprint density at radius 1 is 1.07 bits per heavy atom. The van der Waals surface area contributed by atoms with Crippen molar-refractivity contribution in [1.29, 1.82) is 0 Å². The molecule has 0 bridgehead atoms. The van der Waals surface area contributed by atoms with Crippen molar-refractivity contribution in [3.05, 3.63) is 23.8 Å². The van der Waals surface area contributed by atoms with E-state index >= 15 is 0 Å². The normalized spacial score (nSPS) is 23.4. The van der Waals surface area contributed by atoms with Gasteiger partial charge < -0.3 is 9.80 Å². The third-order valence-corrected chi connectivity index (χ3v) is 8.46. The van der Waals surface area contributed by atoms with Gasteiger partial charge in [-0.3, -0.25) is 14.7 Å². The van der Waals surface area contributed by atoms with E-state index in [0.29, 0.717) is 19.0 Å². The molecule has 3 heterocycles. The zero-order valence-corrected chi connectivity index (χ0v) is 17.6. The Bertz CT molecular complexity index is 964. The Kier molecular flexibility index (Phi) is 4.54. The highest BCUT2D eigenvalue weighted by atomic mass is 32.2. The molecule has 0 unspecified atom stereocenters. The van der Waals surface area contributed by atoms with Crippen molar-refractivity contribution in [3.63, 3.8) is 0 Å². The van der Waals surface area contributed by atoms with E-state index in [1.54, 1.807) is 30.1 Å². The number of guanidine groups is 1. The molecule has 8 nitrogen and oxygen atoms in total. The van der Waals surface area contributed by atoms with Crippen molar-refractivity contribution < 1.29 is 13.2 Å². The smallest absolute Gasteiger partial charge is 0.266 e. The summed E-state index contributed by atoms with van der Waals surface area (Å²) in [4.78, 5) is 22.9. The number of carbonyl (C=O) groups is 1. The van der Waals surface area contributed by atoms with Crippen LogP contribution in [0.2, 0.25) is 0 Å². The van der Waals surface area contributed by atoms with Gasteiger partial charge in [0.15, 0.2) is 0 Å². The highest BCUT2D eigenvalue weighted by Gasteiger charge is 2.37. The second-order valence-corrected chi connectivity index (χ2v) is 10.1. The number of hydrogen-bond acceptors (Lipinski definition) is 6. The zero-order chi connectivity index (χ0) is 20.2. The summed E-state index contributed by atoms with van der Waals surface area (Å²) in [6.07, 6.45) is 4.15. The first kappa shape index (κ1) is 18.9. The molecule has 1 aliphatic carbocycles. The summed E-state index contributed by atoms with van der Waals surface area (Å²) in [6, 6.07) is 5.71. The van der Waals surface area contributed by atoms with Gasteiger partial charge in [0.05, 0.1) is 24.4 Å². The van der Waals surface area contributed by atoms with Gasteiger partial charge in [-0.15, -0.1) is 0 Å². The SMILES string of the molecule is CN1C(=O)Cc2cc(S(=O)(=O)N3CCN=C3N3CCN(C4CCC4)CC3)ccc21. The molecule has 1 aromatic carbocycles. The van der Waals surface area contributed by atoms with Crippen LogP contribution in [0.5, 0.6) is 0 Å². The molecule has 9 heteroatoms. The maximum absolute atomic E-state index is 13.4. The lowest BCUT2D eigenvalue weighted by Crippen LogP contribution is -2.56. The van der Waals surface area contributed by atoms with E-state index in [-0.39, 0.29) is 17.2 Å². The van der Waals surface area contributed by atoms with Gasteiger partial charge in [-0.25, -0.2) is 12.7 Å². The third-order valence-electron chi connectivity index (χ3n) is 6.68. The molecule has 1 aromatic rings. The maximum Gasteiger partial charge on any atom is 0.266 e. The number of nitrogens with zero attached hydrogens (tertiary/aromatic N) is 5. The quantitative estimate of drug-likeness (QED) is 0.725. The van der Waals surface area contributed by atoms with Crippen LogP contribution in [0.1, 0.15) is 24.8 Å². The van der Waals surface area contributed by atoms with Crippen molar-refractivity contribution in [1.82, 2.24) is 14.1 Å². The second-order valence-electron chi connectivity index (χ2n) is 8.29. The Hall–Kier alpha value is -2.13. The number of piperazine rings is 1. The molecule has 1 saturated carbocycles. The average molecular weight is 418 g/mol. The summed E-state index contributed by atoms with van der Waals surface area (Å²) in [6.45, 7) is 4.41. The van der Waals surface area contributed by atoms with Crippen LogP contribution in [0.4, 0.5) is 5.69 Å². The first-order valence-corrected chi connectivity index (χ1v) is 11.8. The number of benzene rings is 1. The van der Waals surface area contributed by atoms with E-state index in [1.807, 2.05) is 0 Å². The minimum atomic E-state index is -3.70. The molecule has 1 saturated heterocycles. The number of likely N-dealkylation sites (N-methyl/N-ethyl adjacent to an activating group) is 1. The van der Waals surface area contributed by atoms with Crippen molar-refractivity contribution in [3.8, 4) is 0 Å². The van der Waals surface area contributed by atoms with Crippen molar-refractivity contribution >= 4 is 27.6 Å². The summed E-state index contributed by atoms with van der Waals surface area (Å²) < 4.78 is 28.2. The number of carbonyl (C=O) groups excluding carboxylic acids is 1. The molecule has 0 aromatic heterocycles. The lowest BCUT2D eigenvalue weighted by atomic mass is 9.91. The van der Waals surface area contributed by atoms with Gasteiger partial charge >= 0.3 is 0 Å². The maximum atomic E-state index is 13.4. The van der Waals surface area contributed by atoms with Crippen molar-refractivity contribution in [2.75, 3.05) is 51.2 Å². The van der Waals surface area contributed by atoms with Crippen LogP contribution in [0.15, 0.2) is 28.1 Å². The highest BCUT2D eigenvalue weighted by molar-refractivity contribution is 7.89. The van der Waals surface area contributed by atoms with E-state index in [2.05, 4.69) is 14.8 Å². The van der Waals surface area contributed by atoms with Crippen LogP contribution in [-0.4, -0.2) is 86.7 Å². The first-order valence-electron chi connectivity index (χ1n) is 10.4. The minimum Gasteiger partial charge on any atom is -0.339 e. The van der Waals surface area contributed by atoms with Gasteiger partial charge in [-0.1, -0.05) is 6.42 Å². The van der Waals surface area contributed by atoms with E-state index in [4.69, 9.17) is 0 Å². The monoisotopic (exact) mass is 417 g/mol. The number of fused-ring (bicyclic) bond motifs is 1. The lowest BCUT2D eigenvalue weighted by molar-refractivity contribution is -0.117. The number of aliphatic imine (C=N–C) groups is 1. The number of amides is 1. The van der Waals surface area contributed by atoms with Crippen molar-refractivity contribution in [2.24, 2.45) is 4.99 Å². The van der Waals surface area contributed by atoms with Crippen LogP contribution >= 0.6 is 0 Å². The van der Waals surface area contributed by atoms with E-state index in [1.165, 1.54) is 23.6 Å². The molecule has 0 spiro atoms. The Balaban J connectivity index is 1.34. The Morgan fingerprint density at radius 2 is 1.83 bits per heavy atom. The van der Waals surface area contributed by atoms with E-state index < -0.39 is 10.0 Å². The number of sulfonamides is 1. The van der Waals surface area contributed by atoms with Crippen LogP contribution in [-0.2, 0) is 21.2 Å². The summed E-state index contributed by atoms with van der Waals surface area (Å²) in [5, 5.41) is 0. The van der Waals surface area contributed by atoms with E-state index in [0.717, 1.165) is 43.5 Å². The molecule has 0 N–H and O–H groups in total. The molecule has 0 atom stereocenters. The number of hydrogen-bond donors (Lipinski definition) is 0. The van der Waals surface area contributed by atoms with Crippen LogP contribution in [0.3, 0.4) is 0 Å². The standard InChI is InChI=1S/C20H27N5O3S/c1-22-18-6-5-17(13-15(18)14-19(22)26)29(27,28)25-8-7-21-20(25)24-11-9-23(10-12-24)16-3-2-4-16/h5-6,13,16H,2-4,7-12,14H2,1H3. The predicted molar refractivity (Wildman–Crippen MR) is 111 cm³/mol. The minimum absolute atomic E-state index is 0.0118. The average Bonchev–Trinajstić information content (AvgIpc) is 3.27. The van der Waals surface area contributed by atoms with Gasteiger partial charge in [-0.05, 0) is 36.6 Å². The first-order chi connectivity index (χ1) is 13.9. The van der Waals surface area contributed by atoms with Crippen molar-refractivity contribution in [2.45, 2.75) is 36.6 Å². The topological polar surface area (TPSA) is 76.5 Å². The Labute approximate surface area is 171 Å². The molecule has 3 aliphatic heterocycles. The molecule has 4 aliphatic rings. The van der Waals surface area contributed by atoms with Gasteiger partial charge in [0.25, 0.3) is 10.0 Å². The number of anilines is 1. The van der Waals surface area contributed by atoms with Crippen LogP contribution in [0.25, 0.3) is 0 Å². The van der Waals surface area contributed by atoms with Gasteiger partial charge in [0.2, 0.25) is 11.9 Å². The summed E-state index contributed by atoms with van der Waals surface area (Å²) in [7, 11) is -1.98. The molecule has 1 amide bonds. The zero-order valence-electron chi connectivity index (χ0n) is 16.7. The van der Waals surface area contributed by atoms with Crippen LogP contribution < -0.4 is 4.90 Å². The Morgan fingerprint density at radius 3 is 2.52 bits per heavy atom. The van der Waals surface area contributed by atoms with Gasteiger partial charge in [0.1, 0.15) is 0 Å². The molecule has 2 fully saturated rings. The summed E-state index contributed by atoms with van der Waals surface area (Å²) in [5.41, 5.74) is 1.56. The van der Waals surface area contributed by atoms with Gasteiger partial charge in [-0.2, -0.15) is 0 Å².